The average Bonchev–Trinajstić information content (AvgIpc) is 3.73. The molecule has 3 heteroatoms. The third-order valence-electron chi connectivity index (χ3n) is 9.66. The van der Waals surface area contributed by atoms with E-state index in [4.69, 9.17) is 8.83 Å². The minimum absolute atomic E-state index is 0.870. The van der Waals surface area contributed by atoms with E-state index in [1.165, 1.54) is 16.3 Å². The van der Waals surface area contributed by atoms with Gasteiger partial charge >= 0.3 is 0 Å². The first-order chi connectivity index (χ1) is 24.3. The molecule has 0 N–H and O–H groups in total. The highest BCUT2D eigenvalue weighted by Gasteiger charge is 2.22. The number of hydrogen-bond donors (Lipinski definition) is 0. The molecule has 2 aromatic heterocycles. The SMILES string of the molecule is c1cc(-c2cccc3ccccc23)cc(N(c2ccc3oc4ccccc4c3c2)c2ccccc2-c2cccc3c2oc2ccccc23)c1. The molecule has 2 heterocycles. The van der Waals surface area contributed by atoms with Crippen LogP contribution in [0.2, 0.25) is 0 Å². The third kappa shape index (κ3) is 4.44. The van der Waals surface area contributed by atoms with Gasteiger partial charge in [-0.15, -0.1) is 0 Å². The zero-order valence-electron chi connectivity index (χ0n) is 26.5. The maximum Gasteiger partial charge on any atom is 0.143 e. The van der Waals surface area contributed by atoms with Crippen molar-refractivity contribution in [3.63, 3.8) is 0 Å². The number of benzene rings is 8. The topological polar surface area (TPSA) is 29.5 Å². The van der Waals surface area contributed by atoms with E-state index in [0.29, 0.717) is 0 Å². The maximum absolute atomic E-state index is 6.57. The quantitative estimate of drug-likeness (QED) is 0.190. The van der Waals surface area contributed by atoms with Crippen LogP contribution >= 0.6 is 0 Å². The molecule has 10 aromatic rings. The molecular weight excluding hydrogens is 599 g/mol. The van der Waals surface area contributed by atoms with Crippen LogP contribution in [0.15, 0.2) is 185 Å². The van der Waals surface area contributed by atoms with Crippen molar-refractivity contribution in [1.82, 2.24) is 0 Å². The molecule has 0 spiro atoms. The molecule has 0 atom stereocenters. The smallest absolute Gasteiger partial charge is 0.143 e. The van der Waals surface area contributed by atoms with Crippen molar-refractivity contribution < 1.29 is 8.83 Å². The van der Waals surface area contributed by atoms with E-state index in [0.717, 1.165) is 77.6 Å². The molecule has 3 nitrogen and oxygen atoms in total. The van der Waals surface area contributed by atoms with Crippen molar-refractivity contribution in [2.75, 3.05) is 4.90 Å². The lowest BCUT2D eigenvalue weighted by atomic mass is 9.97. The largest absolute Gasteiger partial charge is 0.456 e. The Morgan fingerprint density at radius 1 is 0.347 bits per heavy atom. The van der Waals surface area contributed by atoms with Gasteiger partial charge in [-0.05, 0) is 70.4 Å². The summed E-state index contributed by atoms with van der Waals surface area (Å²) in [5.41, 5.74) is 11.2. The number of anilines is 3. The van der Waals surface area contributed by atoms with Crippen molar-refractivity contribution in [2.24, 2.45) is 0 Å². The molecular formula is C46H29NO2. The lowest BCUT2D eigenvalue weighted by Gasteiger charge is -2.28. The molecule has 10 rings (SSSR count). The normalized spacial score (nSPS) is 11.7. The molecule has 0 radical (unpaired) electrons. The van der Waals surface area contributed by atoms with Gasteiger partial charge in [0.2, 0.25) is 0 Å². The summed E-state index contributed by atoms with van der Waals surface area (Å²) in [6.45, 7) is 0. The van der Waals surface area contributed by atoms with Crippen LogP contribution in [0.4, 0.5) is 17.1 Å². The monoisotopic (exact) mass is 627 g/mol. The van der Waals surface area contributed by atoms with Gasteiger partial charge < -0.3 is 13.7 Å². The zero-order chi connectivity index (χ0) is 32.3. The van der Waals surface area contributed by atoms with E-state index in [1.54, 1.807) is 0 Å². The van der Waals surface area contributed by atoms with Crippen LogP contribution in [-0.2, 0) is 0 Å². The van der Waals surface area contributed by atoms with E-state index < -0.39 is 0 Å². The van der Waals surface area contributed by atoms with Crippen molar-refractivity contribution in [2.45, 2.75) is 0 Å². The summed E-state index contributed by atoms with van der Waals surface area (Å²) < 4.78 is 12.8. The molecule has 230 valence electrons. The minimum atomic E-state index is 0.870. The highest BCUT2D eigenvalue weighted by molar-refractivity contribution is 6.11. The van der Waals surface area contributed by atoms with Gasteiger partial charge in [0, 0.05) is 44.0 Å². The Morgan fingerprint density at radius 2 is 0.939 bits per heavy atom. The van der Waals surface area contributed by atoms with E-state index in [2.05, 4.69) is 157 Å². The number of rotatable bonds is 5. The molecule has 0 aliphatic carbocycles. The van der Waals surface area contributed by atoms with Crippen molar-refractivity contribution in [1.29, 1.82) is 0 Å². The first-order valence-electron chi connectivity index (χ1n) is 16.6. The molecule has 0 saturated carbocycles. The molecule has 0 unspecified atom stereocenters. The van der Waals surface area contributed by atoms with Crippen molar-refractivity contribution >= 4 is 71.7 Å². The number of furan rings is 2. The zero-order valence-corrected chi connectivity index (χ0v) is 26.5. The van der Waals surface area contributed by atoms with Gasteiger partial charge in [0.05, 0.1) is 5.69 Å². The fraction of sp³-hybridized carbons (Fsp3) is 0. The lowest BCUT2D eigenvalue weighted by Crippen LogP contribution is -2.11. The first kappa shape index (κ1) is 27.5. The second-order valence-corrected chi connectivity index (χ2v) is 12.5. The fourth-order valence-corrected chi connectivity index (χ4v) is 7.43. The first-order valence-corrected chi connectivity index (χ1v) is 16.6. The average molecular weight is 628 g/mol. The van der Waals surface area contributed by atoms with Gasteiger partial charge in [0.15, 0.2) is 0 Å². The summed E-state index contributed by atoms with van der Waals surface area (Å²) >= 11 is 0. The molecule has 0 aliphatic rings. The predicted octanol–water partition coefficient (Wildman–Crippen LogP) is 13.4. The van der Waals surface area contributed by atoms with Crippen LogP contribution < -0.4 is 4.90 Å². The molecule has 0 amide bonds. The van der Waals surface area contributed by atoms with Gasteiger partial charge in [0.25, 0.3) is 0 Å². The molecule has 0 bridgehead atoms. The summed E-state index contributed by atoms with van der Waals surface area (Å²) in [4.78, 5) is 2.37. The standard InChI is InChI=1S/C46H29NO2/c1-2-16-34-30(12-1)13-10-20-35(34)31-14-9-15-32(28-31)47(33-26-27-45-41(29-33)38-19-5-7-24-43(38)48-45)42-23-6-3-17-36(42)39-21-11-22-40-37-18-4-8-25-44(37)49-46(39)40/h1-29H. The lowest BCUT2D eigenvalue weighted by molar-refractivity contribution is 0.669. The Balaban J connectivity index is 1.23. The maximum atomic E-state index is 6.57. The fourth-order valence-electron chi connectivity index (χ4n) is 7.43. The van der Waals surface area contributed by atoms with Gasteiger partial charge in [0.1, 0.15) is 22.3 Å². The highest BCUT2D eigenvalue weighted by Crippen LogP contribution is 2.46. The highest BCUT2D eigenvalue weighted by atomic mass is 16.3. The van der Waals surface area contributed by atoms with Crippen LogP contribution in [0.1, 0.15) is 0 Å². The Bertz CT molecular complexity index is 2850. The summed E-state index contributed by atoms with van der Waals surface area (Å²) in [5, 5.41) is 6.87. The van der Waals surface area contributed by atoms with Crippen molar-refractivity contribution in [3.05, 3.63) is 176 Å². The Morgan fingerprint density at radius 3 is 1.84 bits per heavy atom. The Labute approximate surface area is 282 Å². The van der Waals surface area contributed by atoms with E-state index in [-0.39, 0.29) is 0 Å². The molecule has 8 aromatic carbocycles. The number of nitrogens with zero attached hydrogens (tertiary/aromatic N) is 1. The Kier molecular flexibility index (Phi) is 6.18. The van der Waals surface area contributed by atoms with E-state index in [1.807, 2.05) is 24.3 Å². The number of hydrogen-bond acceptors (Lipinski definition) is 3. The van der Waals surface area contributed by atoms with Gasteiger partial charge in [-0.25, -0.2) is 0 Å². The van der Waals surface area contributed by atoms with E-state index >= 15 is 0 Å². The summed E-state index contributed by atoms with van der Waals surface area (Å²) in [6.07, 6.45) is 0. The summed E-state index contributed by atoms with van der Waals surface area (Å²) in [6, 6.07) is 62.1. The third-order valence-corrected chi connectivity index (χ3v) is 9.66. The second-order valence-electron chi connectivity index (χ2n) is 12.5. The molecule has 0 fully saturated rings. The van der Waals surface area contributed by atoms with Crippen LogP contribution in [-0.4, -0.2) is 0 Å². The van der Waals surface area contributed by atoms with Crippen LogP contribution in [0.3, 0.4) is 0 Å². The molecule has 0 aliphatic heterocycles. The summed E-state index contributed by atoms with van der Waals surface area (Å²) in [7, 11) is 0. The molecule has 49 heavy (non-hydrogen) atoms. The second kappa shape index (κ2) is 11.0. The van der Waals surface area contributed by atoms with Crippen LogP contribution in [0.25, 0.3) is 76.9 Å². The molecule has 0 saturated heterocycles. The van der Waals surface area contributed by atoms with Gasteiger partial charge in [-0.3, -0.25) is 0 Å². The van der Waals surface area contributed by atoms with Crippen molar-refractivity contribution in [3.8, 4) is 22.3 Å². The summed E-state index contributed by atoms with van der Waals surface area (Å²) in [5.74, 6) is 0. The van der Waals surface area contributed by atoms with Gasteiger partial charge in [-0.1, -0.05) is 127 Å². The van der Waals surface area contributed by atoms with Crippen LogP contribution in [0, 0.1) is 0 Å². The van der Waals surface area contributed by atoms with Gasteiger partial charge in [-0.2, -0.15) is 0 Å². The predicted molar refractivity (Wildman–Crippen MR) is 204 cm³/mol. The number of fused-ring (bicyclic) bond motifs is 7. The Hall–Kier alpha value is -6.58. The van der Waals surface area contributed by atoms with E-state index in [9.17, 15) is 0 Å². The number of para-hydroxylation sites is 4. The minimum Gasteiger partial charge on any atom is -0.456 e. The van der Waals surface area contributed by atoms with Crippen LogP contribution in [0.5, 0.6) is 0 Å².